The van der Waals surface area contributed by atoms with E-state index in [1.807, 2.05) is 17.7 Å². The second-order valence-corrected chi connectivity index (χ2v) is 8.32. The van der Waals surface area contributed by atoms with Gasteiger partial charge in [-0.05, 0) is 42.1 Å². The van der Waals surface area contributed by atoms with Gasteiger partial charge in [0.2, 0.25) is 5.95 Å². The normalized spacial score (nSPS) is 13.3. The van der Waals surface area contributed by atoms with Gasteiger partial charge in [0.05, 0.1) is 21.3 Å². The summed E-state index contributed by atoms with van der Waals surface area (Å²) in [4.78, 5) is 9.06. The summed E-state index contributed by atoms with van der Waals surface area (Å²) in [6.45, 7) is 0. The van der Waals surface area contributed by atoms with Crippen LogP contribution < -0.4 is 5.32 Å². The number of aliphatic hydroxyl groups is 1. The molecule has 4 rings (SSSR count). The number of alkyl halides is 3. The summed E-state index contributed by atoms with van der Waals surface area (Å²) >= 11 is 1.10. The minimum atomic E-state index is -4.33. The van der Waals surface area contributed by atoms with E-state index in [-0.39, 0.29) is 16.7 Å². The first kappa shape index (κ1) is 20.0. The van der Waals surface area contributed by atoms with Crippen molar-refractivity contribution in [3.63, 3.8) is 0 Å². The lowest BCUT2D eigenvalue weighted by molar-refractivity contribution is -0.0768. The Kier molecular flexibility index (Phi) is 5.15. The average Bonchev–Trinajstić information content (AvgIpc) is 3.19. The number of nitrogens with zero attached hydrogens (tertiary/aromatic N) is 3. The highest BCUT2D eigenvalue weighted by Gasteiger charge is 2.29. The van der Waals surface area contributed by atoms with Crippen molar-refractivity contribution in [1.29, 1.82) is 0 Å². The molecule has 0 fully saturated rings. The second kappa shape index (κ2) is 7.48. The molecule has 4 aromatic rings. The Bertz CT molecular complexity index is 1190. The van der Waals surface area contributed by atoms with Crippen LogP contribution in [0.3, 0.4) is 0 Å². The molecule has 2 aromatic carbocycles. The van der Waals surface area contributed by atoms with Crippen LogP contribution in [0.5, 0.6) is 0 Å². The van der Waals surface area contributed by atoms with Crippen LogP contribution in [0, 0.1) is 0 Å². The van der Waals surface area contributed by atoms with Gasteiger partial charge in [-0.1, -0.05) is 17.4 Å². The number of benzene rings is 2. The summed E-state index contributed by atoms with van der Waals surface area (Å²) < 4.78 is 45.1. The number of fused-ring (bicyclic) bond motifs is 2. The molecule has 0 radical (unpaired) electrons. The number of ether oxygens (including phenoxy) is 1. The standard InChI is InChI=1S/C18H15F3N4O2S2/c1-25-13-6-3-9(15(26)27-2)7-12(13)22-16(25)24-17-23-11-5-4-10(8-14(11)28-17)29-18(19,20)21/h3-8,15,26H,1-2H3,(H,22,23,24). The molecule has 0 saturated carbocycles. The van der Waals surface area contributed by atoms with Gasteiger partial charge < -0.3 is 19.7 Å². The summed E-state index contributed by atoms with van der Waals surface area (Å²) in [6, 6.07) is 9.75. The van der Waals surface area contributed by atoms with Crippen LogP contribution in [-0.2, 0) is 11.8 Å². The molecular weight excluding hydrogens is 425 g/mol. The van der Waals surface area contributed by atoms with Crippen LogP contribution in [0.25, 0.3) is 21.3 Å². The smallest absolute Gasteiger partial charge is 0.364 e. The summed E-state index contributed by atoms with van der Waals surface area (Å²) in [5, 5.41) is 13.5. The quantitative estimate of drug-likeness (QED) is 0.329. The number of aliphatic hydroxyl groups excluding tert-OH is 1. The summed E-state index contributed by atoms with van der Waals surface area (Å²) in [6.07, 6.45) is -1.04. The molecule has 0 amide bonds. The Balaban J connectivity index is 1.63. The minimum absolute atomic E-state index is 0.118. The van der Waals surface area contributed by atoms with Crippen molar-refractivity contribution >= 4 is 55.4 Å². The van der Waals surface area contributed by atoms with Gasteiger partial charge >= 0.3 is 5.51 Å². The molecule has 6 nitrogen and oxygen atoms in total. The lowest BCUT2D eigenvalue weighted by atomic mass is 10.2. The maximum atomic E-state index is 12.6. The van der Waals surface area contributed by atoms with E-state index in [0.29, 0.717) is 32.4 Å². The average molecular weight is 440 g/mol. The van der Waals surface area contributed by atoms with Crippen LogP contribution in [0.4, 0.5) is 24.3 Å². The van der Waals surface area contributed by atoms with E-state index in [0.717, 1.165) is 5.52 Å². The molecule has 0 aliphatic rings. The van der Waals surface area contributed by atoms with Crippen LogP contribution in [0.1, 0.15) is 11.9 Å². The zero-order chi connectivity index (χ0) is 20.8. The molecule has 0 saturated heterocycles. The highest BCUT2D eigenvalue weighted by Crippen LogP contribution is 2.39. The molecular formula is C18H15F3N4O2S2. The lowest BCUT2D eigenvalue weighted by Gasteiger charge is -2.08. The number of anilines is 2. The van der Waals surface area contributed by atoms with E-state index < -0.39 is 11.8 Å². The number of methoxy groups -OCH3 is 1. The number of rotatable bonds is 5. The molecule has 2 heterocycles. The van der Waals surface area contributed by atoms with Gasteiger partial charge in [-0.25, -0.2) is 9.97 Å². The molecule has 0 spiro atoms. The molecule has 2 N–H and O–H groups in total. The van der Waals surface area contributed by atoms with Crippen molar-refractivity contribution in [2.24, 2.45) is 7.05 Å². The number of aryl methyl sites for hydroxylation is 1. The first-order valence-corrected chi connectivity index (χ1v) is 9.97. The minimum Gasteiger partial charge on any atom is -0.364 e. The number of imidazole rings is 1. The third-order valence-corrected chi connectivity index (χ3v) is 5.88. The summed E-state index contributed by atoms with van der Waals surface area (Å²) in [5.74, 6) is 0.521. The first-order chi connectivity index (χ1) is 13.7. The Morgan fingerprint density at radius 1 is 1.17 bits per heavy atom. The molecule has 0 bridgehead atoms. The van der Waals surface area contributed by atoms with Crippen molar-refractivity contribution in [1.82, 2.24) is 14.5 Å². The molecule has 1 unspecified atom stereocenters. The van der Waals surface area contributed by atoms with Gasteiger partial charge in [0.1, 0.15) is 0 Å². The van der Waals surface area contributed by atoms with Crippen molar-refractivity contribution in [3.05, 3.63) is 42.0 Å². The largest absolute Gasteiger partial charge is 0.446 e. The molecule has 29 heavy (non-hydrogen) atoms. The van der Waals surface area contributed by atoms with Gasteiger partial charge in [0, 0.05) is 24.6 Å². The van der Waals surface area contributed by atoms with Crippen LogP contribution in [0.15, 0.2) is 41.3 Å². The number of halogens is 3. The van der Waals surface area contributed by atoms with Gasteiger partial charge in [-0.3, -0.25) is 0 Å². The predicted molar refractivity (Wildman–Crippen MR) is 107 cm³/mol. The van der Waals surface area contributed by atoms with Crippen molar-refractivity contribution in [2.45, 2.75) is 16.7 Å². The second-order valence-electron chi connectivity index (χ2n) is 6.15. The Morgan fingerprint density at radius 2 is 1.97 bits per heavy atom. The van der Waals surface area contributed by atoms with Crippen LogP contribution in [-0.4, -0.2) is 32.3 Å². The van der Waals surface area contributed by atoms with Gasteiger partial charge in [-0.2, -0.15) is 13.2 Å². The topological polar surface area (TPSA) is 72.2 Å². The Morgan fingerprint density at radius 3 is 2.69 bits per heavy atom. The fraction of sp³-hybridized carbons (Fsp3) is 0.222. The van der Waals surface area contributed by atoms with E-state index in [4.69, 9.17) is 4.74 Å². The number of thioether (sulfide) groups is 1. The molecule has 11 heteroatoms. The highest BCUT2D eigenvalue weighted by atomic mass is 32.2. The Labute approximate surface area is 171 Å². The van der Waals surface area contributed by atoms with E-state index in [9.17, 15) is 18.3 Å². The monoisotopic (exact) mass is 440 g/mol. The molecule has 0 aliphatic heterocycles. The van der Waals surface area contributed by atoms with E-state index in [2.05, 4.69) is 15.3 Å². The number of aromatic nitrogens is 3. The third kappa shape index (κ3) is 4.17. The fourth-order valence-corrected chi connectivity index (χ4v) is 4.42. The number of hydrogen-bond acceptors (Lipinski definition) is 7. The van der Waals surface area contributed by atoms with Gasteiger partial charge in [0.15, 0.2) is 11.4 Å². The predicted octanol–water partition coefficient (Wildman–Crippen LogP) is 5.18. The van der Waals surface area contributed by atoms with E-state index >= 15 is 0 Å². The number of thiazole rings is 1. The van der Waals surface area contributed by atoms with Crippen molar-refractivity contribution in [3.8, 4) is 0 Å². The highest BCUT2D eigenvalue weighted by molar-refractivity contribution is 8.00. The molecule has 0 aliphatic carbocycles. The summed E-state index contributed by atoms with van der Waals surface area (Å²) in [7, 11) is 3.24. The maximum absolute atomic E-state index is 12.6. The van der Waals surface area contributed by atoms with Crippen molar-refractivity contribution in [2.75, 3.05) is 12.4 Å². The number of nitrogens with one attached hydrogen (secondary N) is 1. The SMILES string of the molecule is COC(O)c1ccc2c(c1)nc(Nc1nc3ccc(SC(F)(F)F)cc3s1)n2C. The zero-order valence-corrected chi connectivity index (χ0v) is 16.8. The van der Waals surface area contributed by atoms with Crippen LogP contribution >= 0.6 is 23.1 Å². The van der Waals surface area contributed by atoms with Crippen LogP contribution in [0.2, 0.25) is 0 Å². The molecule has 2 aromatic heterocycles. The van der Waals surface area contributed by atoms with Gasteiger partial charge in [-0.15, -0.1) is 0 Å². The van der Waals surface area contributed by atoms with E-state index in [1.165, 1.54) is 30.6 Å². The lowest BCUT2D eigenvalue weighted by Crippen LogP contribution is -1.99. The van der Waals surface area contributed by atoms with Gasteiger partial charge in [0.25, 0.3) is 0 Å². The molecule has 152 valence electrons. The van der Waals surface area contributed by atoms with E-state index in [1.54, 1.807) is 18.2 Å². The first-order valence-electron chi connectivity index (χ1n) is 8.34. The zero-order valence-electron chi connectivity index (χ0n) is 15.2. The maximum Gasteiger partial charge on any atom is 0.446 e. The number of hydrogen-bond donors (Lipinski definition) is 2. The third-order valence-electron chi connectivity index (χ3n) is 4.23. The fourth-order valence-electron chi connectivity index (χ4n) is 2.87. The summed E-state index contributed by atoms with van der Waals surface area (Å²) in [5.41, 5.74) is -1.65. The molecule has 1 atom stereocenters. The Hall–Kier alpha value is -2.34. The van der Waals surface area contributed by atoms with Crippen molar-refractivity contribution < 1.29 is 23.0 Å².